The summed E-state index contributed by atoms with van der Waals surface area (Å²) in [7, 11) is 1.74. The second-order valence-corrected chi connectivity index (χ2v) is 7.43. The third kappa shape index (κ3) is 3.82. The van der Waals surface area contributed by atoms with Crippen LogP contribution in [0.25, 0.3) is 0 Å². The van der Waals surface area contributed by atoms with E-state index in [2.05, 4.69) is 10.3 Å². The molecule has 1 aliphatic rings. The average Bonchev–Trinajstić information content (AvgIpc) is 3.20. The molecule has 3 rings (SSSR count). The molecule has 2 aromatic rings. The van der Waals surface area contributed by atoms with Crippen LogP contribution < -0.4 is 5.32 Å². The second-order valence-electron chi connectivity index (χ2n) is 6.12. The van der Waals surface area contributed by atoms with Crippen molar-refractivity contribution in [3.05, 3.63) is 51.0 Å². The first-order valence-corrected chi connectivity index (χ1v) is 8.90. The van der Waals surface area contributed by atoms with E-state index in [4.69, 9.17) is 0 Å². The summed E-state index contributed by atoms with van der Waals surface area (Å²) in [6, 6.07) is 5.82. The Labute approximate surface area is 145 Å². The summed E-state index contributed by atoms with van der Waals surface area (Å²) < 4.78 is 0. The van der Waals surface area contributed by atoms with Gasteiger partial charge in [-0.1, -0.05) is 6.07 Å². The zero-order chi connectivity index (χ0) is 17.1. The van der Waals surface area contributed by atoms with Crippen LogP contribution >= 0.6 is 11.3 Å². The number of benzene rings is 1. The van der Waals surface area contributed by atoms with Crippen molar-refractivity contribution in [1.82, 2.24) is 15.2 Å². The number of hydrogen-bond acceptors (Lipinski definition) is 4. The highest BCUT2D eigenvalue weighted by Gasteiger charge is 2.16. The van der Waals surface area contributed by atoms with Gasteiger partial charge in [-0.15, -0.1) is 11.3 Å². The van der Waals surface area contributed by atoms with Crippen LogP contribution in [0, 0.1) is 6.92 Å². The van der Waals surface area contributed by atoms with E-state index in [0.29, 0.717) is 12.1 Å². The Morgan fingerprint density at radius 3 is 2.83 bits per heavy atom. The van der Waals surface area contributed by atoms with Crippen molar-refractivity contribution in [2.75, 3.05) is 13.6 Å². The molecule has 0 fully saturated rings. The van der Waals surface area contributed by atoms with Gasteiger partial charge in [-0.25, -0.2) is 4.98 Å². The van der Waals surface area contributed by atoms with Crippen LogP contribution in [-0.2, 0) is 24.2 Å². The Morgan fingerprint density at radius 2 is 2.08 bits per heavy atom. The summed E-state index contributed by atoms with van der Waals surface area (Å²) in [6.45, 7) is 2.45. The van der Waals surface area contributed by atoms with E-state index >= 15 is 0 Å². The molecule has 24 heavy (non-hydrogen) atoms. The van der Waals surface area contributed by atoms with Crippen molar-refractivity contribution in [2.24, 2.45) is 0 Å². The Balaban J connectivity index is 1.52. The minimum Gasteiger partial charge on any atom is -0.343 e. The van der Waals surface area contributed by atoms with Crippen LogP contribution in [0.3, 0.4) is 0 Å². The number of aromatic nitrogens is 1. The quantitative estimate of drug-likeness (QED) is 0.906. The van der Waals surface area contributed by atoms with Gasteiger partial charge in [0.15, 0.2) is 0 Å². The molecule has 0 aliphatic heterocycles. The van der Waals surface area contributed by atoms with Crippen molar-refractivity contribution in [1.29, 1.82) is 0 Å². The number of nitrogens with one attached hydrogen (secondary N) is 1. The van der Waals surface area contributed by atoms with Gasteiger partial charge in [0.05, 0.1) is 18.1 Å². The van der Waals surface area contributed by atoms with Crippen LogP contribution in [0.2, 0.25) is 0 Å². The van der Waals surface area contributed by atoms with E-state index in [-0.39, 0.29) is 18.4 Å². The van der Waals surface area contributed by atoms with E-state index in [1.54, 1.807) is 29.5 Å². The van der Waals surface area contributed by atoms with E-state index in [1.165, 1.54) is 11.1 Å². The maximum absolute atomic E-state index is 12.2. The predicted octanol–water partition coefficient (Wildman–Crippen LogP) is 2.33. The molecule has 1 heterocycles. The zero-order valence-electron chi connectivity index (χ0n) is 14.0. The standard InChI is InChI=1S/C18H21N3O2S/c1-12-19-9-16(24-12)11-21(2)17(22)10-20-18(23)15-7-6-13-4-3-5-14(13)8-15/h6-9H,3-5,10-11H2,1-2H3,(H,20,23). The van der Waals surface area contributed by atoms with Crippen molar-refractivity contribution >= 4 is 23.2 Å². The minimum atomic E-state index is -0.194. The number of thiazole rings is 1. The highest BCUT2D eigenvalue weighted by atomic mass is 32.1. The normalized spacial score (nSPS) is 12.8. The Morgan fingerprint density at radius 1 is 1.29 bits per heavy atom. The van der Waals surface area contributed by atoms with Crippen LogP contribution in [0.4, 0.5) is 0 Å². The maximum Gasteiger partial charge on any atom is 0.251 e. The van der Waals surface area contributed by atoms with Gasteiger partial charge in [-0.3, -0.25) is 9.59 Å². The van der Waals surface area contributed by atoms with Gasteiger partial charge in [0.1, 0.15) is 0 Å². The van der Waals surface area contributed by atoms with Crippen LogP contribution in [0.15, 0.2) is 24.4 Å². The summed E-state index contributed by atoms with van der Waals surface area (Å²) in [4.78, 5) is 31.2. The molecule has 0 spiro atoms. The lowest BCUT2D eigenvalue weighted by Gasteiger charge is -2.16. The number of nitrogens with zero attached hydrogens (tertiary/aromatic N) is 2. The molecular formula is C18H21N3O2S. The summed E-state index contributed by atoms with van der Waals surface area (Å²) >= 11 is 1.57. The highest BCUT2D eigenvalue weighted by Crippen LogP contribution is 2.22. The summed E-state index contributed by atoms with van der Waals surface area (Å²) in [5.41, 5.74) is 3.22. The zero-order valence-corrected chi connectivity index (χ0v) is 14.8. The molecule has 0 atom stereocenters. The largest absolute Gasteiger partial charge is 0.343 e. The summed E-state index contributed by atoms with van der Waals surface area (Å²) in [5, 5.41) is 3.70. The molecule has 6 heteroatoms. The lowest BCUT2D eigenvalue weighted by Crippen LogP contribution is -2.37. The molecular weight excluding hydrogens is 322 g/mol. The number of likely N-dealkylation sites (N-methyl/N-ethyl adjacent to an activating group) is 1. The fraction of sp³-hybridized carbons (Fsp3) is 0.389. The molecule has 0 radical (unpaired) electrons. The summed E-state index contributed by atoms with van der Waals surface area (Å²) in [5.74, 6) is -0.310. The molecule has 0 saturated carbocycles. The number of carbonyl (C=O) groups excluding carboxylic acids is 2. The van der Waals surface area contributed by atoms with Gasteiger partial charge in [-0.2, -0.15) is 0 Å². The average molecular weight is 343 g/mol. The molecule has 1 aromatic heterocycles. The molecule has 5 nitrogen and oxygen atoms in total. The van der Waals surface area contributed by atoms with Crippen molar-refractivity contribution in [3.8, 4) is 0 Å². The molecule has 0 bridgehead atoms. The van der Waals surface area contributed by atoms with Gasteiger partial charge in [0.2, 0.25) is 5.91 Å². The van der Waals surface area contributed by atoms with Crippen molar-refractivity contribution in [3.63, 3.8) is 0 Å². The topological polar surface area (TPSA) is 62.3 Å². The van der Waals surface area contributed by atoms with Crippen LogP contribution in [-0.4, -0.2) is 35.3 Å². The smallest absolute Gasteiger partial charge is 0.251 e. The molecule has 2 amide bonds. The van der Waals surface area contributed by atoms with E-state index in [9.17, 15) is 9.59 Å². The van der Waals surface area contributed by atoms with Gasteiger partial charge >= 0.3 is 0 Å². The number of hydrogen-bond donors (Lipinski definition) is 1. The van der Waals surface area contributed by atoms with Gasteiger partial charge in [0, 0.05) is 23.7 Å². The molecule has 0 saturated heterocycles. The highest BCUT2D eigenvalue weighted by molar-refractivity contribution is 7.11. The molecule has 1 aromatic carbocycles. The monoisotopic (exact) mass is 343 g/mol. The Kier molecular flexibility index (Phi) is 4.94. The van der Waals surface area contributed by atoms with E-state index in [0.717, 1.165) is 29.1 Å². The fourth-order valence-electron chi connectivity index (χ4n) is 2.91. The fourth-order valence-corrected chi connectivity index (χ4v) is 3.75. The van der Waals surface area contributed by atoms with E-state index in [1.807, 2.05) is 25.1 Å². The first-order chi connectivity index (χ1) is 11.5. The van der Waals surface area contributed by atoms with Crippen molar-refractivity contribution in [2.45, 2.75) is 32.7 Å². The van der Waals surface area contributed by atoms with Gasteiger partial charge < -0.3 is 10.2 Å². The summed E-state index contributed by atoms with van der Waals surface area (Å²) in [6.07, 6.45) is 5.07. The molecule has 1 aliphatic carbocycles. The molecule has 0 unspecified atom stereocenters. The Hall–Kier alpha value is -2.21. The first-order valence-electron chi connectivity index (χ1n) is 8.08. The van der Waals surface area contributed by atoms with E-state index < -0.39 is 0 Å². The SMILES string of the molecule is Cc1ncc(CN(C)C(=O)CNC(=O)c2ccc3c(c2)CCC3)s1. The van der Waals surface area contributed by atoms with Crippen LogP contribution in [0.1, 0.15) is 37.8 Å². The third-order valence-electron chi connectivity index (χ3n) is 4.25. The predicted molar refractivity (Wildman–Crippen MR) is 94.1 cm³/mol. The number of rotatable bonds is 5. The minimum absolute atomic E-state index is 0.00417. The number of amides is 2. The van der Waals surface area contributed by atoms with Crippen LogP contribution in [0.5, 0.6) is 0 Å². The first kappa shape index (κ1) is 16.6. The number of fused-ring (bicyclic) bond motifs is 1. The van der Waals surface area contributed by atoms with Crippen molar-refractivity contribution < 1.29 is 9.59 Å². The lowest BCUT2D eigenvalue weighted by molar-refractivity contribution is -0.129. The maximum atomic E-state index is 12.2. The Bertz CT molecular complexity index is 769. The lowest BCUT2D eigenvalue weighted by atomic mass is 10.1. The second kappa shape index (κ2) is 7.13. The third-order valence-corrected chi connectivity index (χ3v) is 5.15. The molecule has 1 N–H and O–H groups in total. The number of aryl methyl sites for hydroxylation is 3. The van der Waals surface area contributed by atoms with Gasteiger partial charge in [-0.05, 0) is 49.4 Å². The van der Waals surface area contributed by atoms with Gasteiger partial charge in [0.25, 0.3) is 5.91 Å². The molecule has 126 valence electrons. The number of carbonyl (C=O) groups is 2.